The predicted octanol–water partition coefficient (Wildman–Crippen LogP) is 1.99. The van der Waals surface area contributed by atoms with Crippen molar-refractivity contribution >= 4 is 5.69 Å². The molecule has 5 heteroatoms. The van der Waals surface area contributed by atoms with Gasteiger partial charge in [0.1, 0.15) is 6.23 Å². The second kappa shape index (κ2) is 3.84. The zero-order valence-electron chi connectivity index (χ0n) is 9.27. The molecule has 1 heterocycles. The highest BCUT2D eigenvalue weighted by atomic mass is 16.6. The van der Waals surface area contributed by atoms with E-state index in [2.05, 4.69) is 5.32 Å². The zero-order chi connectivity index (χ0) is 11.8. The molecular formula is C11H14N2O3. The average molecular weight is 222 g/mol. The molecule has 1 saturated heterocycles. The molecule has 2 rings (SSSR count). The third-order valence-electron chi connectivity index (χ3n) is 2.52. The molecule has 1 atom stereocenters. The van der Waals surface area contributed by atoms with Crippen LogP contribution in [0.25, 0.3) is 0 Å². The first kappa shape index (κ1) is 11.0. The van der Waals surface area contributed by atoms with E-state index in [9.17, 15) is 10.1 Å². The van der Waals surface area contributed by atoms with Crippen molar-refractivity contribution in [2.24, 2.45) is 0 Å². The number of nitrogens with one attached hydrogen (secondary N) is 1. The van der Waals surface area contributed by atoms with Crippen LogP contribution in [0.4, 0.5) is 5.69 Å². The van der Waals surface area contributed by atoms with Crippen molar-refractivity contribution in [1.82, 2.24) is 5.32 Å². The van der Waals surface area contributed by atoms with Gasteiger partial charge in [0.05, 0.1) is 11.5 Å². The van der Waals surface area contributed by atoms with E-state index in [-0.39, 0.29) is 17.5 Å². The third kappa shape index (κ3) is 2.20. The van der Waals surface area contributed by atoms with E-state index >= 15 is 0 Å². The van der Waals surface area contributed by atoms with Crippen LogP contribution in [0.15, 0.2) is 24.3 Å². The minimum atomic E-state index is -0.399. The van der Waals surface area contributed by atoms with E-state index in [1.54, 1.807) is 12.1 Å². The monoisotopic (exact) mass is 222 g/mol. The van der Waals surface area contributed by atoms with Crippen molar-refractivity contribution in [3.8, 4) is 0 Å². The number of ether oxygens (including phenoxy) is 1. The van der Waals surface area contributed by atoms with Crippen molar-refractivity contribution in [3.63, 3.8) is 0 Å². The summed E-state index contributed by atoms with van der Waals surface area (Å²) in [6, 6.07) is 6.51. The molecule has 5 nitrogen and oxygen atoms in total. The van der Waals surface area contributed by atoms with Crippen LogP contribution in [0.5, 0.6) is 0 Å². The lowest BCUT2D eigenvalue weighted by atomic mass is 10.1. The molecule has 1 aromatic carbocycles. The van der Waals surface area contributed by atoms with Gasteiger partial charge in [0.15, 0.2) is 0 Å². The summed E-state index contributed by atoms with van der Waals surface area (Å²) in [6.07, 6.45) is -0.255. The molecule has 0 spiro atoms. The molecule has 0 aliphatic carbocycles. The maximum Gasteiger partial charge on any atom is 0.269 e. The fraction of sp³-hybridized carbons (Fsp3) is 0.455. The molecule has 0 bridgehead atoms. The minimum Gasteiger partial charge on any atom is -0.357 e. The fourth-order valence-electron chi connectivity index (χ4n) is 1.71. The molecule has 1 N–H and O–H groups in total. The van der Waals surface area contributed by atoms with Crippen LogP contribution in [-0.2, 0) is 4.74 Å². The number of nitro benzene ring substituents is 1. The van der Waals surface area contributed by atoms with Gasteiger partial charge in [-0.2, -0.15) is 0 Å². The Morgan fingerprint density at radius 3 is 2.88 bits per heavy atom. The highest BCUT2D eigenvalue weighted by molar-refractivity contribution is 5.35. The summed E-state index contributed by atoms with van der Waals surface area (Å²) in [7, 11) is 0. The van der Waals surface area contributed by atoms with E-state index in [0.717, 1.165) is 5.56 Å². The molecule has 1 aromatic rings. The first-order valence-electron chi connectivity index (χ1n) is 5.12. The van der Waals surface area contributed by atoms with Gasteiger partial charge in [0.25, 0.3) is 5.69 Å². The highest BCUT2D eigenvalue weighted by Crippen LogP contribution is 2.27. The largest absolute Gasteiger partial charge is 0.357 e. The average Bonchev–Trinajstić information content (AvgIpc) is 2.59. The highest BCUT2D eigenvalue weighted by Gasteiger charge is 2.32. The van der Waals surface area contributed by atoms with Crippen LogP contribution < -0.4 is 5.32 Å². The lowest BCUT2D eigenvalue weighted by molar-refractivity contribution is -0.385. The summed E-state index contributed by atoms with van der Waals surface area (Å²) in [6.45, 7) is 4.66. The Bertz CT molecular complexity index is 417. The Balaban J connectivity index is 2.22. The molecule has 1 unspecified atom stereocenters. The number of nitrogens with zero attached hydrogens (tertiary/aromatic N) is 1. The molecular weight excluding hydrogens is 208 g/mol. The van der Waals surface area contributed by atoms with E-state index in [1.807, 2.05) is 19.9 Å². The van der Waals surface area contributed by atoms with Gasteiger partial charge in [0.2, 0.25) is 0 Å². The van der Waals surface area contributed by atoms with Crippen LogP contribution in [0.1, 0.15) is 25.6 Å². The van der Waals surface area contributed by atoms with Gasteiger partial charge in [-0.1, -0.05) is 12.1 Å². The van der Waals surface area contributed by atoms with Gasteiger partial charge in [-0.05, 0) is 13.8 Å². The van der Waals surface area contributed by atoms with Crippen molar-refractivity contribution < 1.29 is 9.66 Å². The maximum atomic E-state index is 10.6. The molecule has 1 aliphatic rings. The van der Waals surface area contributed by atoms with Gasteiger partial charge in [-0.3, -0.25) is 15.4 Å². The summed E-state index contributed by atoms with van der Waals surface area (Å²) in [5, 5.41) is 13.9. The fourth-order valence-corrected chi connectivity index (χ4v) is 1.71. The van der Waals surface area contributed by atoms with E-state index in [4.69, 9.17) is 4.74 Å². The second-order valence-corrected chi connectivity index (χ2v) is 4.57. The number of hydrogen-bond acceptors (Lipinski definition) is 4. The molecule has 1 aliphatic heterocycles. The van der Waals surface area contributed by atoms with Crippen LogP contribution in [0.2, 0.25) is 0 Å². The van der Waals surface area contributed by atoms with Gasteiger partial charge in [0, 0.05) is 23.2 Å². The number of non-ortho nitro benzene ring substituents is 1. The van der Waals surface area contributed by atoms with Crippen LogP contribution in [0.3, 0.4) is 0 Å². The summed E-state index contributed by atoms with van der Waals surface area (Å²) in [5.41, 5.74) is 0.794. The summed E-state index contributed by atoms with van der Waals surface area (Å²) in [5.74, 6) is 0. The van der Waals surface area contributed by atoms with Gasteiger partial charge < -0.3 is 4.74 Å². The lowest BCUT2D eigenvalue weighted by Crippen LogP contribution is -2.35. The quantitative estimate of drug-likeness (QED) is 0.614. The topological polar surface area (TPSA) is 64.4 Å². The minimum absolute atomic E-state index is 0.0880. The predicted molar refractivity (Wildman–Crippen MR) is 59.0 cm³/mol. The number of nitro groups is 1. The molecule has 0 saturated carbocycles. The second-order valence-electron chi connectivity index (χ2n) is 4.57. The van der Waals surface area contributed by atoms with Crippen molar-refractivity contribution in [3.05, 3.63) is 39.9 Å². The first-order valence-corrected chi connectivity index (χ1v) is 5.12. The number of benzene rings is 1. The Labute approximate surface area is 93.6 Å². The van der Waals surface area contributed by atoms with E-state index in [1.165, 1.54) is 6.07 Å². The Kier molecular flexibility index (Phi) is 2.65. The van der Waals surface area contributed by atoms with E-state index < -0.39 is 4.92 Å². The SMILES string of the molecule is CC1(C)COC(c2cccc([N+](=O)[O-])c2)N1. The van der Waals surface area contributed by atoms with Crippen LogP contribution >= 0.6 is 0 Å². The lowest BCUT2D eigenvalue weighted by Gasteiger charge is -2.16. The summed E-state index contributed by atoms with van der Waals surface area (Å²) in [4.78, 5) is 10.2. The van der Waals surface area contributed by atoms with Gasteiger partial charge >= 0.3 is 0 Å². The maximum absolute atomic E-state index is 10.6. The zero-order valence-corrected chi connectivity index (χ0v) is 9.27. The Morgan fingerprint density at radius 2 is 2.31 bits per heavy atom. The van der Waals surface area contributed by atoms with E-state index in [0.29, 0.717) is 6.61 Å². The normalized spacial score (nSPS) is 23.2. The Hall–Kier alpha value is -1.46. The van der Waals surface area contributed by atoms with Crippen LogP contribution in [0, 0.1) is 10.1 Å². The van der Waals surface area contributed by atoms with Gasteiger partial charge in [-0.15, -0.1) is 0 Å². The standard InChI is InChI=1S/C11H14N2O3/c1-11(2)7-16-10(12-11)8-4-3-5-9(6-8)13(14)15/h3-6,10,12H,7H2,1-2H3. The van der Waals surface area contributed by atoms with Crippen LogP contribution in [-0.4, -0.2) is 17.1 Å². The third-order valence-corrected chi connectivity index (χ3v) is 2.52. The Morgan fingerprint density at radius 1 is 1.56 bits per heavy atom. The summed E-state index contributed by atoms with van der Waals surface area (Å²) < 4.78 is 5.56. The molecule has 0 radical (unpaired) electrons. The molecule has 16 heavy (non-hydrogen) atoms. The number of hydrogen-bond donors (Lipinski definition) is 1. The smallest absolute Gasteiger partial charge is 0.269 e. The molecule has 0 aromatic heterocycles. The van der Waals surface area contributed by atoms with Crippen molar-refractivity contribution in [2.45, 2.75) is 25.6 Å². The first-order chi connectivity index (χ1) is 7.48. The molecule has 86 valence electrons. The molecule has 0 amide bonds. The number of rotatable bonds is 2. The van der Waals surface area contributed by atoms with Gasteiger partial charge in [-0.25, -0.2) is 0 Å². The van der Waals surface area contributed by atoms with Crippen molar-refractivity contribution in [2.75, 3.05) is 6.61 Å². The summed E-state index contributed by atoms with van der Waals surface area (Å²) >= 11 is 0. The molecule has 1 fully saturated rings. The van der Waals surface area contributed by atoms with Crippen molar-refractivity contribution in [1.29, 1.82) is 0 Å².